The van der Waals surface area contributed by atoms with Crippen LogP contribution in [0.4, 0.5) is 5.69 Å². The maximum atomic E-state index is 11.3. The Bertz CT molecular complexity index is 474. The Labute approximate surface area is 114 Å². The molecule has 1 rings (SSSR count). The monoisotopic (exact) mass is 315 g/mol. The van der Waals surface area contributed by atoms with Crippen LogP contribution in [0.5, 0.6) is 0 Å². The van der Waals surface area contributed by atoms with E-state index < -0.39 is 11.4 Å². The third kappa shape index (κ3) is 3.17. The Morgan fingerprint density at radius 2 is 2.00 bits per heavy atom. The summed E-state index contributed by atoms with van der Waals surface area (Å²) in [5, 5.41) is 3.04. The van der Waals surface area contributed by atoms with E-state index in [4.69, 9.17) is 23.7 Å². The number of anilines is 1. The Morgan fingerprint density at radius 3 is 2.47 bits per heavy atom. The van der Waals surface area contributed by atoms with E-state index in [9.17, 15) is 4.79 Å². The molecule has 0 saturated heterocycles. The number of hydrogen-bond donors (Lipinski definition) is 3. The molecule has 0 fully saturated rings. The molecule has 0 spiro atoms. The van der Waals surface area contributed by atoms with Crippen molar-refractivity contribution in [1.82, 2.24) is 0 Å². The van der Waals surface area contributed by atoms with E-state index >= 15 is 0 Å². The van der Waals surface area contributed by atoms with Crippen molar-refractivity contribution in [2.45, 2.75) is 19.4 Å². The maximum Gasteiger partial charge on any atom is 0.242 e. The zero-order valence-corrected chi connectivity index (χ0v) is 12.0. The van der Waals surface area contributed by atoms with E-state index in [-0.39, 0.29) is 4.99 Å². The number of primary amides is 1. The molecule has 0 bridgehead atoms. The van der Waals surface area contributed by atoms with Crippen molar-refractivity contribution in [3.63, 3.8) is 0 Å². The highest BCUT2D eigenvalue weighted by molar-refractivity contribution is 9.10. The molecule has 1 aromatic rings. The zero-order valence-electron chi connectivity index (χ0n) is 9.58. The van der Waals surface area contributed by atoms with Gasteiger partial charge in [0.1, 0.15) is 10.5 Å². The lowest BCUT2D eigenvalue weighted by Crippen LogP contribution is -2.45. The molecule has 5 N–H and O–H groups in total. The average Bonchev–Trinajstić information content (AvgIpc) is 2.15. The number of rotatable bonds is 4. The first-order valence-electron chi connectivity index (χ1n) is 4.92. The highest BCUT2D eigenvalue weighted by Gasteiger charge is 2.26. The Balaban J connectivity index is 3.20. The second-order valence-electron chi connectivity index (χ2n) is 4.14. The quantitative estimate of drug-likeness (QED) is 0.739. The maximum absolute atomic E-state index is 11.3. The van der Waals surface area contributed by atoms with Crippen molar-refractivity contribution in [3.05, 3.63) is 28.2 Å². The summed E-state index contributed by atoms with van der Waals surface area (Å²) in [4.78, 5) is 11.5. The van der Waals surface area contributed by atoms with Gasteiger partial charge in [0.2, 0.25) is 5.91 Å². The van der Waals surface area contributed by atoms with Gasteiger partial charge in [-0.15, -0.1) is 0 Å². The number of halogens is 1. The molecule has 0 aliphatic rings. The molecule has 0 aliphatic carbocycles. The molecule has 92 valence electrons. The molecular weight excluding hydrogens is 302 g/mol. The van der Waals surface area contributed by atoms with Gasteiger partial charge in [-0.2, -0.15) is 0 Å². The summed E-state index contributed by atoms with van der Waals surface area (Å²) < 4.78 is 0.773. The third-order valence-corrected chi connectivity index (χ3v) is 3.19. The smallest absolute Gasteiger partial charge is 0.242 e. The van der Waals surface area contributed by atoms with Gasteiger partial charge >= 0.3 is 0 Å². The fourth-order valence-electron chi connectivity index (χ4n) is 1.28. The third-order valence-electron chi connectivity index (χ3n) is 2.32. The molecule has 1 aromatic carbocycles. The second kappa shape index (κ2) is 5.01. The summed E-state index contributed by atoms with van der Waals surface area (Å²) in [7, 11) is 0. The molecule has 6 heteroatoms. The van der Waals surface area contributed by atoms with Crippen LogP contribution in [0.3, 0.4) is 0 Å². The summed E-state index contributed by atoms with van der Waals surface area (Å²) >= 11 is 8.35. The Kier molecular flexibility index (Phi) is 4.11. The number of benzene rings is 1. The summed E-state index contributed by atoms with van der Waals surface area (Å²) in [6.45, 7) is 3.39. The summed E-state index contributed by atoms with van der Waals surface area (Å²) in [6, 6.07) is 5.45. The topological polar surface area (TPSA) is 81.1 Å². The first kappa shape index (κ1) is 13.9. The van der Waals surface area contributed by atoms with Crippen LogP contribution >= 0.6 is 28.1 Å². The second-order valence-corrected chi connectivity index (χ2v) is 5.44. The van der Waals surface area contributed by atoms with E-state index in [0.717, 1.165) is 4.47 Å². The lowest BCUT2D eigenvalue weighted by atomic mass is 10.0. The van der Waals surface area contributed by atoms with Gasteiger partial charge < -0.3 is 16.8 Å². The molecule has 0 unspecified atom stereocenters. The molecule has 0 heterocycles. The van der Waals surface area contributed by atoms with Crippen LogP contribution in [-0.4, -0.2) is 16.4 Å². The fourth-order valence-corrected chi connectivity index (χ4v) is 2.21. The van der Waals surface area contributed by atoms with Crippen LogP contribution < -0.4 is 16.8 Å². The normalized spacial score (nSPS) is 11.0. The molecule has 0 atom stereocenters. The minimum atomic E-state index is -0.875. The SMILES string of the molecule is CC(C)(Nc1cccc(Br)c1C(N)=S)C(N)=O. The van der Waals surface area contributed by atoms with E-state index in [1.165, 1.54) is 0 Å². The number of carbonyl (C=O) groups excluding carboxylic acids is 1. The van der Waals surface area contributed by atoms with Crippen LogP contribution in [0, 0.1) is 0 Å². The average molecular weight is 316 g/mol. The molecule has 0 aromatic heterocycles. The van der Waals surface area contributed by atoms with Crippen molar-refractivity contribution in [1.29, 1.82) is 0 Å². The number of carbonyl (C=O) groups is 1. The number of nitrogens with two attached hydrogens (primary N) is 2. The lowest BCUT2D eigenvalue weighted by molar-refractivity contribution is -0.121. The molecule has 4 nitrogen and oxygen atoms in total. The summed E-state index contributed by atoms with van der Waals surface area (Å²) in [5.41, 5.74) is 11.4. The van der Waals surface area contributed by atoms with Crippen molar-refractivity contribution < 1.29 is 4.79 Å². The molecule has 17 heavy (non-hydrogen) atoms. The van der Waals surface area contributed by atoms with Crippen LogP contribution in [-0.2, 0) is 4.79 Å². The first-order chi connectivity index (χ1) is 7.75. The first-order valence-corrected chi connectivity index (χ1v) is 6.12. The largest absolute Gasteiger partial charge is 0.389 e. The highest BCUT2D eigenvalue weighted by atomic mass is 79.9. The molecule has 1 amide bonds. The van der Waals surface area contributed by atoms with Gasteiger partial charge in [-0.25, -0.2) is 0 Å². The van der Waals surface area contributed by atoms with E-state index in [1.807, 2.05) is 12.1 Å². The van der Waals surface area contributed by atoms with Gasteiger partial charge in [0.15, 0.2) is 0 Å². The van der Waals surface area contributed by atoms with Crippen LogP contribution in [0.15, 0.2) is 22.7 Å². The number of amides is 1. The minimum Gasteiger partial charge on any atom is -0.389 e. The Morgan fingerprint density at radius 1 is 1.41 bits per heavy atom. The van der Waals surface area contributed by atoms with Crippen molar-refractivity contribution in [2.75, 3.05) is 5.32 Å². The fraction of sp³-hybridized carbons (Fsp3) is 0.273. The van der Waals surface area contributed by atoms with Crippen molar-refractivity contribution >= 4 is 44.7 Å². The standard InChI is InChI=1S/C11H14BrN3OS/c1-11(2,10(14)16)15-7-5-3-4-6(12)8(7)9(13)17/h3-5,15H,1-2H3,(H2,13,17)(H2,14,16). The molecular formula is C11H14BrN3OS. The lowest BCUT2D eigenvalue weighted by Gasteiger charge is -2.25. The number of hydrogen-bond acceptors (Lipinski definition) is 3. The van der Waals surface area contributed by atoms with Gasteiger partial charge in [0.25, 0.3) is 0 Å². The van der Waals surface area contributed by atoms with Gasteiger partial charge in [-0.3, -0.25) is 4.79 Å². The van der Waals surface area contributed by atoms with E-state index in [2.05, 4.69) is 21.2 Å². The predicted molar refractivity (Wildman–Crippen MR) is 76.9 cm³/mol. The zero-order chi connectivity index (χ0) is 13.2. The predicted octanol–water partition coefficient (Wildman–Crippen LogP) is 1.76. The van der Waals surface area contributed by atoms with Gasteiger partial charge in [-0.05, 0) is 41.9 Å². The molecule has 0 radical (unpaired) electrons. The van der Waals surface area contributed by atoms with Gasteiger partial charge in [-0.1, -0.05) is 18.3 Å². The minimum absolute atomic E-state index is 0.250. The van der Waals surface area contributed by atoms with Crippen molar-refractivity contribution in [2.24, 2.45) is 11.5 Å². The van der Waals surface area contributed by atoms with Crippen LogP contribution in [0.25, 0.3) is 0 Å². The number of nitrogens with one attached hydrogen (secondary N) is 1. The van der Waals surface area contributed by atoms with Crippen molar-refractivity contribution in [3.8, 4) is 0 Å². The molecule has 0 aliphatic heterocycles. The Hall–Kier alpha value is -1.14. The van der Waals surface area contributed by atoms with E-state index in [1.54, 1.807) is 19.9 Å². The summed E-state index contributed by atoms with van der Waals surface area (Å²) in [5.74, 6) is -0.452. The van der Waals surface area contributed by atoms with Gasteiger partial charge in [0, 0.05) is 15.7 Å². The van der Waals surface area contributed by atoms with E-state index in [0.29, 0.717) is 11.3 Å². The summed E-state index contributed by atoms with van der Waals surface area (Å²) in [6.07, 6.45) is 0. The highest BCUT2D eigenvalue weighted by Crippen LogP contribution is 2.27. The van der Waals surface area contributed by atoms with Crippen LogP contribution in [0.2, 0.25) is 0 Å². The number of thiocarbonyl (C=S) groups is 1. The molecule has 0 saturated carbocycles. The van der Waals surface area contributed by atoms with Gasteiger partial charge in [0.05, 0.1) is 0 Å². The van der Waals surface area contributed by atoms with Crippen LogP contribution in [0.1, 0.15) is 19.4 Å².